The number of benzene rings is 1. The van der Waals surface area contributed by atoms with Gasteiger partial charge >= 0.3 is 5.76 Å². The number of hydrogen-bond donors (Lipinski definition) is 1. The Morgan fingerprint density at radius 2 is 1.84 bits per heavy atom. The summed E-state index contributed by atoms with van der Waals surface area (Å²) in [5.74, 6) is 1.51. The predicted octanol–water partition coefficient (Wildman–Crippen LogP) is 4.38. The van der Waals surface area contributed by atoms with E-state index in [1.54, 1.807) is 6.07 Å². The molecule has 1 atom stereocenters. The van der Waals surface area contributed by atoms with Gasteiger partial charge in [0, 0.05) is 25.4 Å². The minimum Gasteiger partial charge on any atom is -0.377 e. The second-order valence-corrected chi connectivity index (χ2v) is 11.8. The molecule has 12 nitrogen and oxygen atoms in total. The molecule has 0 spiro atoms. The number of H-pyrrole nitrogens is 1. The first-order chi connectivity index (χ1) is 20.9. The molecule has 0 bridgehead atoms. The maximum Gasteiger partial charge on any atom is 0.439 e. The van der Waals surface area contributed by atoms with Crippen LogP contribution in [0.25, 0.3) is 28.6 Å². The van der Waals surface area contributed by atoms with Gasteiger partial charge < -0.3 is 14.2 Å². The number of nitrogens with one attached hydrogen (secondary N) is 1. The van der Waals surface area contributed by atoms with Gasteiger partial charge in [0.2, 0.25) is 17.6 Å². The lowest BCUT2D eigenvalue weighted by Gasteiger charge is -2.37. The smallest absolute Gasteiger partial charge is 0.377 e. The van der Waals surface area contributed by atoms with Crippen LogP contribution < -0.4 is 16.2 Å². The number of ether oxygens (including phenoxy) is 1. The minimum atomic E-state index is -0.739. The Balaban J connectivity index is 1.48. The lowest BCUT2D eigenvalue weighted by molar-refractivity contribution is 0.0927. The van der Waals surface area contributed by atoms with Crippen molar-refractivity contribution in [3.63, 3.8) is 0 Å². The summed E-state index contributed by atoms with van der Waals surface area (Å²) >= 11 is 6.38. The van der Waals surface area contributed by atoms with E-state index in [1.165, 1.54) is 16.8 Å². The quantitative estimate of drug-likeness (QED) is 0.300. The van der Waals surface area contributed by atoms with E-state index in [0.29, 0.717) is 60.1 Å². The van der Waals surface area contributed by atoms with Crippen molar-refractivity contribution in [3.05, 3.63) is 80.2 Å². The van der Waals surface area contributed by atoms with Crippen LogP contribution in [0.15, 0.2) is 62.8 Å². The zero-order valence-electron chi connectivity index (χ0n) is 23.6. The van der Waals surface area contributed by atoms with E-state index in [0.717, 1.165) is 37.2 Å². The molecule has 1 aliphatic heterocycles. The molecule has 5 heterocycles. The Morgan fingerprint density at radius 3 is 2.60 bits per heavy atom. The fraction of sp³-hybridized carbons (Fsp3) is 0.400. The number of rotatable bonds is 6. The van der Waals surface area contributed by atoms with Crippen molar-refractivity contribution in [2.24, 2.45) is 11.8 Å². The summed E-state index contributed by atoms with van der Waals surface area (Å²) in [7, 11) is 0. The van der Waals surface area contributed by atoms with Crippen molar-refractivity contribution < 1.29 is 9.26 Å². The minimum absolute atomic E-state index is 0.0362. The summed E-state index contributed by atoms with van der Waals surface area (Å²) in [6, 6.07) is 13.1. The number of imidazole rings is 1. The highest BCUT2D eigenvalue weighted by Crippen LogP contribution is 2.37. The number of anilines is 1. The van der Waals surface area contributed by atoms with Gasteiger partial charge in [0.25, 0.3) is 5.56 Å². The topological polar surface area (TPSA) is 137 Å². The standard InChI is InChI=1S/C30H31ClN8O4/c1-18-7-9-19(10-8-18)15-39-24-25(34-29(39)37-13-14-42-17-22(37)20-5-3-2-4-6-20)32-26(27-35-30(41)43-36-27)33-28(24)38-16-21(31)11-12-23(38)40/h2-6,11-12,16,18-19,22H,7-10,13-15,17H2,1H3,(H,35,36,41)/t18?,19?,22-/m0/s1. The third-order valence-corrected chi connectivity index (χ3v) is 8.69. The van der Waals surface area contributed by atoms with Crippen LogP contribution in [-0.4, -0.2) is 54.0 Å². The molecule has 0 amide bonds. The van der Waals surface area contributed by atoms with Crippen molar-refractivity contribution >= 4 is 28.7 Å². The molecule has 7 rings (SSSR count). The SMILES string of the molecule is CC1CCC(Cn2c(N3CCOC[C@H]3c3ccccc3)nc3nc(-c4noc(=O)[nH]4)nc(-n4cc(Cl)ccc4=O)c32)CC1. The zero-order chi connectivity index (χ0) is 29.5. The summed E-state index contributed by atoms with van der Waals surface area (Å²) < 4.78 is 14.2. The molecular weight excluding hydrogens is 572 g/mol. The van der Waals surface area contributed by atoms with Gasteiger partial charge in [-0.15, -0.1) is 0 Å². The van der Waals surface area contributed by atoms with Crippen LogP contribution in [0.3, 0.4) is 0 Å². The van der Waals surface area contributed by atoms with Crippen LogP contribution in [0.1, 0.15) is 44.2 Å². The lowest BCUT2D eigenvalue weighted by atomic mass is 9.83. The van der Waals surface area contributed by atoms with Crippen molar-refractivity contribution in [2.75, 3.05) is 24.7 Å². The van der Waals surface area contributed by atoms with Crippen LogP contribution in [-0.2, 0) is 11.3 Å². The largest absolute Gasteiger partial charge is 0.439 e. The zero-order valence-corrected chi connectivity index (χ0v) is 24.4. The number of morpholine rings is 1. The van der Waals surface area contributed by atoms with E-state index in [9.17, 15) is 9.59 Å². The van der Waals surface area contributed by atoms with Gasteiger partial charge in [-0.2, -0.15) is 4.98 Å². The first-order valence-corrected chi connectivity index (χ1v) is 14.9. The van der Waals surface area contributed by atoms with Crippen molar-refractivity contribution in [1.29, 1.82) is 0 Å². The number of nitrogens with zero attached hydrogens (tertiary/aromatic N) is 7. The summed E-state index contributed by atoms with van der Waals surface area (Å²) in [4.78, 5) is 44.4. The molecule has 222 valence electrons. The molecule has 43 heavy (non-hydrogen) atoms. The third-order valence-electron chi connectivity index (χ3n) is 8.47. The van der Waals surface area contributed by atoms with Gasteiger partial charge in [-0.25, -0.2) is 14.8 Å². The van der Waals surface area contributed by atoms with Crippen LogP contribution in [0.2, 0.25) is 5.02 Å². The molecule has 4 aromatic heterocycles. The molecule has 0 unspecified atom stereocenters. The lowest BCUT2D eigenvalue weighted by Crippen LogP contribution is -2.41. The number of aromatic nitrogens is 7. The highest BCUT2D eigenvalue weighted by molar-refractivity contribution is 6.30. The predicted molar refractivity (Wildman–Crippen MR) is 161 cm³/mol. The summed E-state index contributed by atoms with van der Waals surface area (Å²) in [6.07, 6.45) is 6.05. The first kappa shape index (κ1) is 27.5. The van der Waals surface area contributed by atoms with Crippen molar-refractivity contribution in [1.82, 2.24) is 34.2 Å². The molecule has 1 saturated heterocycles. The first-order valence-electron chi connectivity index (χ1n) is 14.6. The maximum atomic E-state index is 13.2. The highest BCUT2D eigenvalue weighted by atomic mass is 35.5. The summed E-state index contributed by atoms with van der Waals surface area (Å²) in [5, 5.41) is 4.16. The molecular formula is C30H31ClN8O4. The molecule has 5 aromatic rings. The van der Waals surface area contributed by atoms with E-state index in [4.69, 9.17) is 35.8 Å². The third kappa shape index (κ3) is 5.36. The monoisotopic (exact) mass is 602 g/mol. The Hall–Kier alpha value is -4.29. The van der Waals surface area contributed by atoms with E-state index in [1.807, 2.05) is 18.2 Å². The average Bonchev–Trinajstić information content (AvgIpc) is 3.63. The van der Waals surface area contributed by atoms with E-state index >= 15 is 0 Å². The molecule has 13 heteroatoms. The second kappa shape index (κ2) is 11.4. The summed E-state index contributed by atoms with van der Waals surface area (Å²) in [6.45, 7) is 4.66. The fourth-order valence-corrected chi connectivity index (χ4v) is 6.35. The molecule has 0 radical (unpaired) electrons. The molecule has 2 aliphatic rings. The molecule has 1 aromatic carbocycles. The fourth-order valence-electron chi connectivity index (χ4n) is 6.19. The van der Waals surface area contributed by atoms with Crippen LogP contribution in [0.5, 0.6) is 0 Å². The van der Waals surface area contributed by atoms with E-state index in [-0.39, 0.29) is 23.2 Å². The number of halogens is 1. The molecule has 2 fully saturated rings. The van der Waals surface area contributed by atoms with Gasteiger partial charge in [0.15, 0.2) is 11.5 Å². The normalized spacial score (nSPS) is 21.0. The van der Waals surface area contributed by atoms with Crippen molar-refractivity contribution in [2.45, 2.75) is 45.2 Å². The van der Waals surface area contributed by atoms with Gasteiger partial charge in [-0.1, -0.05) is 66.9 Å². The number of pyridine rings is 1. The van der Waals surface area contributed by atoms with E-state index in [2.05, 4.69) is 38.7 Å². The van der Waals surface area contributed by atoms with Gasteiger partial charge in [0.05, 0.1) is 24.3 Å². The Bertz CT molecular complexity index is 1870. The second-order valence-electron chi connectivity index (χ2n) is 11.4. The van der Waals surface area contributed by atoms with Crippen LogP contribution >= 0.6 is 11.6 Å². The summed E-state index contributed by atoms with van der Waals surface area (Å²) in [5.41, 5.74) is 1.77. The molecule has 1 saturated carbocycles. The number of hydrogen-bond acceptors (Lipinski definition) is 9. The van der Waals surface area contributed by atoms with Gasteiger partial charge in [0.1, 0.15) is 5.52 Å². The number of fused-ring (bicyclic) bond motifs is 1. The van der Waals surface area contributed by atoms with Crippen molar-refractivity contribution in [3.8, 4) is 17.5 Å². The molecule has 1 N–H and O–H groups in total. The average molecular weight is 603 g/mol. The molecule has 1 aliphatic carbocycles. The van der Waals surface area contributed by atoms with Crippen LogP contribution in [0, 0.1) is 11.8 Å². The Morgan fingerprint density at radius 1 is 1.02 bits per heavy atom. The highest BCUT2D eigenvalue weighted by Gasteiger charge is 2.32. The van der Waals surface area contributed by atoms with Crippen LogP contribution in [0.4, 0.5) is 5.95 Å². The maximum absolute atomic E-state index is 13.2. The Labute approximate surface area is 251 Å². The van der Waals surface area contributed by atoms with Gasteiger partial charge in [-0.05, 0) is 36.3 Å². The van der Waals surface area contributed by atoms with E-state index < -0.39 is 5.76 Å². The number of aromatic amines is 1. The van der Waals surface area contributed by atoms with Gasteiger partial charge in [-0.3, -0.25) is 18.9 Å². The Kier molecular flexibility index (Phi) is 7.31.